The number of nitrogens with one attached hydrogen (secondary N) is 2. The zero-order valence-electron chi connectivity index (χ0n) is 14.6. The highest BCUT2D eigenvalue weighted by atomic mass is 35.5. The van der Waals surface area contributed by atoms with Crippen molar-refractivity contribution in [3.05, 3.63) is 29.3 Å². The first kappa shape index (κ1) is 21.4. The lowest BCUT2D eigenvalue weighted by Crippen LogP contribution is -2.40. The molecular formula is C16H24ClN3O4S. The average molecular weight is 390 g/mol. The molecule has 0 aromatic heterocycles. The highest BCUT2D eigenvalue weighted by Gasteiger charge is 2.22. The Morgan fingerprint density at radius 1 is 1.20 bits per heavy atom. The van der Waals surface area contributed by atoms with Crippen molar-refractivity contribution in [2.75, 3.05) is 20.1 Å². The van der Waals surface area contributed by atoms with Gasteiger partial charge in [0.05, 0.1) is 11.4 Å². The molecule has 2 amide bonds. The van der Waals surface area contributed by atoms with Crippen molar-refractivity contribution < 1.29 is 18.0 Å². The Morgan fingerprint density at radius 2 is 1.80 bits per heavy atom. The summed E-state index contributed by atoms with van der Waals surface area (Å²) in [6.45, 7) is 3.67. The molecule has 0 fully saturated rings. The topological polar surface area (TPSA) is 95.6 Å². The molecule has 0 aliphatic heterocycles. The van der Waals surface area contributed by atoms with Crippen LogP contribution in [-0.4, -0.2) is 50.7 Å². The molecule has 0 saturated heterocycles. The Hall–Kier alpha value is -1.64. The molecule has 2 N–H and O–H groups in total. The molecule has 0 heterocycles. The van der Waals surface area contributed by atoms with Gasteiger partial charge >= 0.3 is 0 Å². The molecule has 25 heavy (non-hydrogen) atoms. The van der Waals surface area contributed by atoms with E-state index in [9.17, 15) is 18.0 Å². The standard InChI is InChI=1S/C16H24ClN3O4S/c1-4-12(2)19-15(21)9-10-18-16(22)11-20(3)25(23,24)14-7-5-13(17)6-8-14/h5-8,12H,4,9-11H2,1-3H3,(H,18,22)(H,19,21). The van der Waals surface area contributed by atoms with Gasteiger partial charge in [0.25, 0.3) is 0 Å². The van der Waals surface area contributed by atoms with Gasteiger partial charge in [-0.1, -0.05) is 18.5 Å². The van der Waals surface area contributed by atoms with Gasteiger partial charge in [0.15, 0.2) is 0 Å². The number of benzene rings is 1. The van der Waals surface area contributed by atoms with E-state index >= 15 is 0 Å². The fourth-order valence-corrected chi connectivity index (χ4v) is 3.15. The quantitative estimate of drug-likeness (QED) is 0.667. The van der Waals surface area contributed by atoms with E-state index in [1.807, 2.05) is 13.8 Å². The summed E-state index contributed by atoms with van der Waals surface area (Å²) in [4.78, 5) is 23.5. The number of nitrogens with zero attached hydrogens (tertiary/aromatic N) is 1. The Bertz CT molecular complexity index is 692. The number of hydrogen-bond acceptors (Lipinski definition) is 4. The molecule has 1 rings (SSSR count). The number of likely N-dealkylation sites (N-methyl/N-ethyl adjacent to an activating group) is 1. The first-order valence-corrected chi connectivity index (χ1v) is 9.76. The SMILES string of the molecule is CCC(C)NC(=O)CCNC(=O)CN(C)S(=O)(=O)c1ccc(Cl)cc1. The lowest BCUT2D eigenvalue weighted by molar-refractivity contribution is -0.122. The molecular weight excluding hydrogens is 366 g/mol. The van der Waals surface area contributed by atoms with Gasteiger partial charge < -0.3 is 10.6 Å². The van der Waals surface area contributed by atoms with Gasteiger partial charge in [-0.2, -0.15) is 4.31 Å². The summed E-state index contributed by atoms with van der Waals surface area (Å²) in [6.07, 6.45) is 0.967. The largest absolute Gasteiger partial charge is 0.354 e. The maximum Gasteiger partial charge on any atom is 0.243 e. The van der Waals surface area contributed by atoms with E-state index in [1.54, 1.807) is 0 Å². The van der Waals surface area contributed by atoms with Crippen LogP contribution in [0.15, 0.2) is 29.2 Å². The third kappa shape index (κ3) is 7.01. The molecule has 0 aliphatic rings. The number of amides is 2. The lowest BCUT2D eigenvalue weighted by Gasteiger charge is -2.17. The van der Waals surface area contributed by atoms with E-state index < -0.39 is 15.9 Å². The smallest absolute Gasteiger partial charge is 0.243 e. The van der Waals surface area contributed by atoms with Crippen molar-refractivity contribution in [1.82, 2.24) is 14.9 Å². The van der Waals surface area contributed by atoms with Crippen LogP contribution in [0.3, 0.4) is 0 Å². The van der Waals surface area contributed by atoms with Gasteiger partial charge in [-0.15, -0.1) is 0 Å². The second-order valence-corrected chi connectivity index (χ2v) is 8.17. The Kier molecular flexibility index (Phi) is 8.34. The fourth-order valence-electron chi connectivity index (χ4n) is 1.89. The maximum absolute atomic E-state index is 12.4. The van der Waals surface area contributed by atoms with Gasteiger partial charge in [-0.3, -0.25) is 9.59 Å². The van der Waals surface area contributed by atoms with Crippen LogP contribution < -0.4 is 10.6 Å². The van der Waals surface area contributed by atoms with Crippen LogP contribution in [0, 0.1) is 0 Å². The minimum Gasteiger partial charge on any atom is -0.354 e. The van der Waals surface area contributed by atoms with Crippen molar-refractivity contribution in [2.45, 2.75) is 37.6 Å². The molecule has 140 valence electrons. The van der Waals surface area contributed by atoms with Gasteiger partial charge in [-0.25, -0.2) is 8.42 Å². The van der Waals surface area contributed by atoms with Crippen LogP contribution in [-0.2, 0) is 19.6 Å². The fraction of sp³-hybridized carbons (Fsp3) is 0.500. The minimum atomic E-state index is -3.78. The zero-order valence-corrected chi connectivity index (χ0v) is 16.2. The average Bonchev–Trinajstić information content (AvgIpc) is 2.54. The van der Waals surface area contributed by atoms with E-state index in [2.05, 4.69) is 10.6 Å². The highest BCUT2D eigenvalue weighted by molar-refractivity contribution is 7.89. The summed E-state index contributed by atoms with van der Waals surface area (Å²) in [6, 6.07) is 5.78. The molecule has 0 spiro atoms. The van der Waals surface area contributed by atoms with Crippen molar-refractivity contribution in [1.29, 1.82) is 0 Å². The van der Waals surface area contributed by atoms with Crippen LogP contribution in [0.25, 0.3) is 0 Å². The van der Waals surface area contributed by atoms with Gasteiger partial charge in [0.1, 0.15) is 0 Å². The Morgan fingerprint density at radius 3 is 2.36 bits per heavy atom. The second-order valence-electron chi connectivity index (χ2n) is 5.69. The summed E-state index contributed by atoms with van der Waals surface area (Å²) in [5.41, 5.74) is 0. The molecule has 7 nitrogen and oxygen atoms in total. The third-order valence-corrected chi connectivity index (χ3v) is 5.65. The first-order valence-electron chi connectivity index (χ1n) is 7.94. The van der Waals surface area contributed by atoms with Crippen molar-refractivity contribution >= 4 is 33.4 Å². The summed E-state index contributed by atoms with van der Waals surface area (Å²) in [5, 5.41) is 5.75. The van der Waals surface area contributed by atoms with E-state index in [4.69, 9.17) is 11.6 Å². The molecule has 0 bridgehead atoms. The number of rotatable bonds is 9. The van der Waals surface area contributed by atoms with Crippen molar-refractivity contribution in [3.8, 4) is 0 Å². The van der Waals surface area contributed by atoms with E-state index in [0.717, 1.165) is 10.7 Å². The number of halogens is 1. The molecule has 0 saturated carbocycles. The van der Waals surface area contributed by atoms with Gasteiger partial charge in [-0.05, 0) is 37.6 Å². The molecule has 1 atom stereocenters. The van der Waals surface area contributed by atoms with Crippen molar-refractivity contribution in [3.63, 3.8) is 0 Å². The second kappa shape index (κ2) is 9.74. The van der Waals surface area contributed by atoms with E-state index in [1.165, 1.54) is 31.3 Å². The zero-order chi connectivity index (χ0) is 19.0. The Balaban J connectivity index is 2.48. The summed E-state index contributed by atoms with van der Waals surface area (Å²) in [7, 11) is -2.46. The van der Waals surface area contributed by atoms with Crippen LogP contribution in [0.4, 0.5) is 0 Å². The highest BCUT2D eigenvalue weighted by Crippen LogP contribution is 2.17. The monoisotopic (exact) mass is 389 g/mol. The van der Waals surface area contributed by atoms with Gasteiger partial charge in [0, 0.05) is 31.1 Å². The van der Waals surface area contributed by atoms with Crippen LogP contribution in [0.5, 0.6) is 0 Å². The summed E-state index contributed by atoms with van der Waals surface area (Å²) < 4.78 is 25.7. The number of hydrogen-bond donors (Lipinski definition) is 2. The lowest BCUT2D eigenvalue weighted by atomic mass is 10.2. The van der Waals surface area contributed by atoms with Crippen molar-refractivity contribution in [2.24, 2.45) is 0 Å². The molecule has 0 aliphatic carbocycles. The number of sulfonamides is 1. The first-order chi connectivity index (χ1) is 11.7. The van der Waals surface area contributed by atoms with Gasteiger partial charge in [0.2, 0.25) is 21.8 Å². The minimum absolute atomic E-state index is 0.0557. The van der Waals surface area contributed by atoms with Crippen LogP contribution >= 0.6 is 11.6 Å². The predicted octanol–water partition coefficient (Wildman–Crippen LogP) is 1.38. The number of carbonyl (C=O) groups is 2. The van der Waals surface area contributed by atoms with E-state index in [-0.39, 0.29) is 36.4 Å². The molecule has 1 aromatic rings. The maximum atomic E-state index is 12.4. The normalized spacial score (nSPS) is 12.7. The van der Waals surface area contributed by atoms with Crippen LogP contribution in [0.2, 0.25) is 5.02 Å². The Labute approximate surface area is 153 Å². The molecule has 9 heteroatoms. The summed E-state index contributed by atoms with van der Waals surface area (Å²) in [5.74, 6) is -0.631. The molecule has 1 aromatic carbocycles. The predicted molar refractivity (Wildman–Crippen MR) is 96.8 cm³/mol. The number of carbonyl (C=O) groups excluding carboxylic acids is 2. The summed E-state index contributed by atoms with van der Waals surface area (Å²) >= 11 is 5.74. The van der Waals surface area contributed by atoms with Crippen LogP contribution in [0.1, 0.15) is 26.7 Å². The molecule has 1 unspecified atom stereocenters. The third-order valence-electron chi connectivity index (χ3n) is 3.58. The molecule has 0 radical (unpaired) electrons. The van der Waals surface area contributed by atoms with E-state index in [0.29, 0.717) is 5.02 Å².